The molecule has 1 aromatic heterocycles. The van der Waals surface area contributed by atoms with Crippen LogP contribution in [0.4, 0.5) is 5.69 Å². The first kappa shape index (κ1) is 17.3. The van der Waals surface area contributed by atoms with Crippen molar-refractivity contribution >= 4 is 23.4 Å². The SMILES string of the molecule is Cc1cccc(C)c1NC(=O)CC1CSc2nc3c(c(=O)n21)CCCC3. The number of aromatic nitrogens is 2. The van der Waals surface area contributed by atoms with Crippen LogP contribution in [0.3, 0.4) is 0 Å². The maximum Gasteiger partial charge on any atom is 0.257 e. The van der Waals surface area contributed by atoms with E-state index in [1.807, 2.05) is 32.0 Å². The summed E-state index contributed by atoms with van der Waals surface area (Å²) in [7, 11) is 0. The fourth-order valence-electron chi connectivity index (χ4n) is 3.88. The number of nitrogens with zero attached hydrogens (tertiary/aromatic N) is 2. The van der Waals surface area contributed by atoms with Crippen LogP contribution in [-0.2, 0) is 17.6 Å². The molecule has 0 radical (unpaired) electrons. The molecule has 2 aromatic rings. The van der Waals surface area contributed by atoms with E-state index in [0.29, 0.717) is 6.42 Å². The number of para-hydroxylation sites is 1. The number of carbonyl (C=O) groups excluding carboxylic acids is 1. The number of anilines is 1. The van der Waals surface area contributed by atoms with Crippen molar-refractivity contribution in [3.05, 3.63) is 50.9 Å². The molecule has 1 aromatic carbocycles. The predicted octanol–water partition coefficient (Wildman–Crippen LogP) is 3.41. The molecule has 2 heterocycles. The lowest BCUT2D eigenvalue weighted by atomic mass is 9.97. The van der Waals surface area contributed by atoms with Crippen LogP contribution in [-0.4, -0.2) is 21.2 Å². The minimum atomic E-state index is -0.119. The second-order valence-electron chi connectivity index (χ2n) is 7.19. The third kappa shape index (κ3) is 3.07. The summed E-state index contributed by atoms with van der Waals surface area (Å²) in [5.41, 5.74) is 4.88. The average Bonchev–Trinajstić information content (AvgIpc) is 3.01. The minimum Gasteiger partial charge on any atom is -0.326 e. The fourth-order valence-corrected chi connectivity index (χ4v) is 5.03. The second-order valence-corrected chi connectivity index (χ2v) is 8.17. The Labute approximate surface area is 157 Å². The van der Waals surface area contributed by atoms with Crippen LogP contribution in [0.15, 0.2) is 28.2 Å². The van der Waals surface area contributed by atoms with Crippen molar-refractivity contribution < 1.29 is 4.79 Å². The Kier molecular flexibility index (Phi) is 4.61. The van der Waals surface area contributed by atoms with E-state index in [-0.39, 0.29) is 17.5 Å². The molecule has 2 aliphatic rings. The first-order valence-corrected chi connectivity index (χ1v) is 10.2. The van der Waals surface area contributed by atoms with Crippen molar-refractivity contribution in [2.24, 2.45) is 0 Å². The Bertz CT molecular complexity index is 915. The van der Waals surface area contributed by atoms with E-state index < -0.39 is 0 Å². The third-order valence-electron chi connectivity index (χ3n) is 5.29. The molecular formula is C20H23N3O2S. The van der Waals surface area contributed by atoms with Gasteiger partial charge in [-0.3, -0.25) is 14.2 Å². The molecule has 1 aliphatic heterocycles. The molecule has 5 nitrogen and oxygen atoms in total. The van der Waals surface area contributed by atoms with Crippen molar-refractivity contribution in [2.75, 3.05) is 11.1 Å². The molecule has 1 unspecified atom stereocenters. The van der Waals surface area contributed by atoms with Gasteiger partial charge in [0, 0.05) is 23.4 Å². The van der Waals surface area contributed by atoms with Crippen LogP contribution >= 0.6 is 11.8 Å². The Morgan fingerprint density at radius 1 is 1.27 bits per heavy atom. The number of amides is 1. The summed E-state index contributed by atoms with van der Waals surface area (Å²) < 4.78 is 1.76. The van der Waals surface area contributed by atoms with Gasteiger partial charge < -0.3 is 5.32 Å². The number of rotatable bonds is 3. The summed E-state index contributed by atoms with van der Waals surface area (Å²) in [6, 6.07) is 5.85. The van der Waals surface area contributed by atoms with Gasteiger partial charge in [-0.15, -0.1) is 0 Å². The van der Waals surface area contributed by atoms with Crippen molar-refractivity contribution in [3.8, 4) is 0 Å². The van der Waals surface area contributed by atoms with E-state index in [0.717, 1.165) is 64.7 Å². The lowest BCUT2D eigenvalue weighted by Gasteiger charge is -2.19. The van der Waals surface area contributed by atoms with Crippen molar-refractivity contribution in [1.82, 2.24) is 9.55 Å². The van der Waals surface area contributed by atoms with Gasteiger partial charge in [0.25, 0.3) is 5.56 Å². The monoisotopic (exact) mass is 369 g/mol. The van der Waals surface area contributed by atoms with E-state index in [2.05, 4.69) is 5.32 Å². The molecule has 6 heteroatoms. The first-order valence-electron chi connectivity index (χ1n) is 9.17. The molecule has 4 rings (SSSR count). The van der Waals surface area contributed by atoms with Gasteiger partial charge in [0.1, 0.15) is 0 Å². The van der Waals surface area contributed by atoms with Gasteiger partial charge in [0.2, 0.25) is 5.91 Å². The zero-order valence-corrected chi connectivity index (χ0v) is 16.0. The lowest BCUT2D eigenvalue weighted by Crippen LogP contribution is -2.32. The number of hydrogen-bond acceptors (Lipinski definition) is 4. The Morgan fingerprint density at radius 2 is 2.00 bits per heavy atom. The number of aryl methyl sites for hydroxylation is 3. The van der Waals surface area contributed by atoms with Gasteiger partial charge >= 0.3 is 0 Å². The summed E-state index contributed by atoms with van der Waals surface area (Å²) in [5, 5.41) is 3.81. The van der Waals surface area contributed by atoms with Crippen molar-refractivity contribution in [1.29, 1.82) is 0 Å². The molecule has 0 spiro atoms. The largest absolute Gasteiger partial charge is 0.326 e. The fraction of sp³-hybridized carbons (Fsp3) is 0.450. The van der Waals surface area contributed by atoms with Crippen LogP contribution in [0, 0.1) is 13.8 Å². The molecule has 0 fully saturated rings. The predicted molar refractivity (Wildman–Crippen MR) is 104 cm³/mol. The van der Waals surface area contributed by atoms with Crippen LogP contribution < -0.4 is 10.9 Å². The van der Waals surface area contributed by atoms with Gasteiger partial charge in [-0.25, -0.2) is 4.98 Å². The van der Waals surface area contributed by atoms with Gasteiger partial charge in [-0.05, 0) is 50.7 Å². The Hall–Kier alpha value is -2.08. The summed E-state index contributed by atoms with van der Waals surface area (Å²) >= 11 is 1.59. The summed E-state index contributed by atoms with van der Waals surface area (Å²) in [5.74, 6) is 0.677. The maximum absolute atomic E-state index is 12.9. The smallest absolute Gasteiger partial charge is 0.257 e. The Morgan fingerprint density at radius 3 is 2.77 bits per heavy atom. The molecule has 1 N–H and O–H groups in total. The molecule has 26 heavy (non-hydrogen) atoms. The van der Waals surface area contributed by atoms with E-state index in [4.69, 9.17) is 4.98 Å². The van der Waals surface area contributed by atoms with Crippen LogP contribution in [0.5, 0.6) is 0 Å². The quantitative estimate of drug-likeness (QED) is 0.842. The molecule has 136 valence electrons. The topological polar surface area (TPSA) is 64.0 Å². The minimum absolute atomic E-state index is 0.0505. The summed E-state index contributed by atoms with van der Waals surface area (Å²) in [4.78, 5) is 30.3. The maximum atomic E-state index is 12.9. The molecule has 1 aliphatic carbocycles. The van der Waals surface area contributed by atoms with Gasteiger partial charge in [0.05, 0.1) is 11.7 Å². The zero-order valence-electron chi connectivity index (χ0n) is 15.2. The molecule has 0 bridgehead atoms. The van der Waals surface area contributed by atoms with E-state index in [9.17, 15) is 9.59 Å². The van der Waals surface area contributed by atoms with E-state index in [1.165, 1.54) is 0 Å². The molecular weight excluding hydrogens is 346 g/mol. The number of hydrogen-bond donors (Lipinski definition) is 1. The third-order valence-corrected chi connectivity index (χ3v) is 6.39. The van der Waals surface area contributed by atoms with Crippen molar-refractivity contribution in [2.45, 2.75) is 57.1 Å². The normalized spacial score (nSPS) is 18.3. The molecule has 1 amide bonds. The van der Waals surface area contributed by atoms with Crippen LogP contribution in [0.2, 0.25) is 0 Å². The second kappa shape index (κ2) is 6.91. The standard InChI is InChI=1S/C20H23N3O2S/c1-12-6-5-7-13(2)18(12)22-17(24)10-14-11-26-20-21-16-9-4-3-8-15(16)19(25)23(14)20/h5-7,14H,3-4,8-11H2,1-2H3,(H,22,24). The number of fused-ring (bicyclic) bond motifs is 2. The highest BCUT2D eigenvalue weighted by molar-refractivity contribution is 7.99. The number of thioether (sulfide) groups is 1. The zero-order chi connectivity index (χ0) is 18.3. The molecule has 0 saturated carbocycles. The van der Waals surface area contributed by atoms with Gasteiger partial charge in [0.15, 0.2) is 5.16 Å². The lowest BCUT2D eigenvalue weighted by molar-refractivity contribution is -0.116. The highest BCUT2D eigenvalue weighted by Gasteiger charge is 2.30. The Balaban J connectivity index is 1.57. The molecule has 0 saturated heterocycles. The van der Waals surface area contributed by atoms with Crippen molar-refractivity contribution in [3.63, 3.8) is 0 Å². The van der Waals surface area contributed by atoms with E-state index >= 15 is 0 Å². The number of nitrogens with one attached hydrogen (secondary N) is 1. The van der Waals surface area contributed by atoms with Gasteiger partial charge in [-0.1, -0.05) is 30.0 Å². The molecule has 1 atom stereocenters. The number of benzene rings is 1. The highest BCUT2D eigenvalue weighted by Crippen LogP contribution is 2.34. The summed E-state index contributed by atoms with van der Waals surface area (Å²) in [6.07, 6.45) is 4.17. The van der Waals surface area contributed by atoms with Crippen LogP contribution in [0.1, 0.15) is 47.7 Å². The average molecular weight is 369 g/mol. The number of carbonyl (C=O) groups is 1. The van der Waals surface area contributed by atoms with Crippen LogP contribution in [0.25, 0.3) is 0 Å². The highest BCUT2D eigenvalue weighted by atomic mass is 32.2. The first-order chi connectivity index (χ1) is 12.5. The van der Waals surface area contributed by atoms with Gasteiger partial charge in [-0.2, -0.15) is 0 Å². The van der Waals surface area contributed by atoms with E-state index in [1.54, 1.807) is 16.3 Å². The summed E-state index contributed by atoms with van der Waals surface area (Å²) in [6.45, 7) is 3.98.